The van der Waals surface area contributed by atoms with Crippen molar-refractivity contribution in [1.29, 1.82) is 0 Å². The zero-order valence-electron chi connectivity index (χ0n) is 12.3. The lowest BCUT2D eigenvalue weighted by atomic mass is 9.82. The second-order valence-corrected chi connectivity index (χ2v) is 6.44. The van der Waals surface area contributed by atoms with Crippen LogP contribution in [0.5, 0.6) is 0 Å². The summed E-state index contributed by atoms with van der Waals surface area (Å²) in [7, 11) is 0. The van der Waals surface area contributed by atoms with E-state index in [4.69, 9.17) is 0 Å². The Bertz CT molecular complexity index is 701. The molecule has 106 valence electrons. The summed E-state index contributed by atoms with van der Waals surface area (Å²) in [5, 5.41) is 0. The smallest absolute Gasteiger partial charge is 0.0481 e. The fraction of sp³-hybridized carbons (Fsp3) is 0.211. The molecule has 0 amide bonds. The zero-order chi connectivity index (χ0) is 14.8. The number of pyridine rings is 1. The second-order valence-electron chi connectivity index (χ2n) is 5.59. The topological polar surface area (TPSA) is 12.9 Å². The quantitative estimate of drug-likeness (QED) is 0.701. The Kier molecular flexibility index (Phi) is 4.07. The summed E-state index contributed by atoms with van der Waals surface area (Å²) in [6.07, 6.45) is 8.76. The Morgan fingerprint density at radius 1 is 1.14 bits per heavy atom. The molecule has 0 fully saturated rings. The van der Waals surface area contributed by atoms with Crippen LogP contribution < -0.4 is 0 Å². The van der Waals surface area contributed by atoms with Crippen LogP contribution in [0.1, 0.15) is 29.7 Å². The van der Waals surface area contributed by atoms with Gasteiger partial charge in [0.2, 0.25) is 0 Å². The van der Waals surface area contributed by atoms with Crippen LogP contribution in [0.3, 0.4) is 0 Å². The summed E-state index contributed by atoms with van der Waals surface area (Å²) >= 11 is 3.53. The molecule has 1 aromatic carbocycles. The lowest BCUT2D eigenvalue weighted by Gasteiger charge is -2.23. The van der Waals surface area contributed by atoms with E-state index in [0.29, 0.717) is 11.8 Å². The molecule has 1 heterocycles. The SMILES string of the molecule is Cc1cc(C2C=C(c3ccccc3)C=CC2C)ncc1Br. The normalized spacial score (nSPS) is 21.2. The molecule has 2 aromatic rings. The van der Waals surface area contributed by atoms with Gasteiger partial charge in [0.05, 0.1) is 0 Å². The van der Waals surface area contributed by atoms with Crippen LogP contribution in [-0.2, 0) is 0 Å². The minimum atomic E-state index is 0.331. The maximum Gasteiger partial charge on any atom is 0.0481 e. The molecule has 0 spiro atoms. The van der Waals surface area contributed by atoms with Gasteiger partial charge in [-0.05, 0) is 51.5 Å². The van der Waals surface area contributed by atoms with Gasteiger partial charge < -0.3 is 0 Å². The molecule has 2 heteroatoms. The number of hydrogen-bond acceptors (Lipinski definition) is 1. The van der Waals surface area contributed by atoms with Crippen molar-refractivity contribution < 1.29 is 0 Å². The number of aryl methyl sites for hydroxylation is 1. The first kappa shape index (κ1) is 14.3. The highest BCUT2D eigenvalue weighted by molar-refractivity contribution is 9.10. The largest absolute Gasteiger partial charge is 0.259 e. The predicted molar refractivity (Wildman–Crippen MR) is 92.1 cm³/mol. The van der Waals surface area contributed by atoms with Crippen LogP contribution in [0.4, 0.5) is 0 Å². The van der Waals surface area contributed by atoms with Crippen molar-refractivity contribution in [2.75, 3.05) is 0 Å². The summed E-state index contributed by atoms with van der Waals surface area (Å²) in [5.41, 5.74) is 4.91. The third-order valence-corrected chi connectivity index (χ3v) is 4.85. The van der Waals surface area contributed by atoms with Crippen molar-refractivity contribution in [3.8, 4) is 0 Å². The molecule has 2 unspecified atom stereocenters. The number of halogens is 1. The standard InChI is InChI=1S/C19H18BrN/c1-13-8-9-16(15-6-4-3-5-7-15)11-17(13)19-10-14(2)18(20)12-21-19/h3-13,17H,1-2H3. The van der Waals surface area contributed by atoms with Crippen LogP contribution in [0.15, 0.2) is 65.3 Å². The first-order chi connectivity index (χ1) is 10.1. The van der Waals surface area contributed by atoms with Gasteiger partial charge >= 0.3 is 0 Å². The average Bonchev–Trinajstić information content (AvgIpc) is 2.51. The molecule has 1 aliphatic carbocycles. The number of benzene rings is 1. The Morgan fingerprint density at radius 3 is 2.62 bits per heavy atom. The van der Waals surface area contributed by atoms with E-state index in [1.807, 2.05) is 6.20 Å². The predicted octanol–water partition coefficient (Wildman–Crippen LogP) is 5.53. The maximum absolute atomic E-state index is 4.62. The molecule has 0 bridgehead atoms. The van der Waals surface area contributed by atoms with E-state index in [2.05, 4.69) is 89.4 Å². The molecule has 0 radical (unpaired) electrons. The molecular formula is C19H18BrN. The van der Waals surface area contributed by atoms with Crippen molar-refractivity contribution in [2.24, 2.45) is 5.92 Å². The third-order valence-electron chi connectivity index (χ3n) is 4.02. The molecule has 0 N–H and O–H groups in total. The Hall–Kier alpha value is -1.67. The van der Waals surface area contributed by atoms with E-state index >= 15 is 0 Å². The van der Waals surface area contributed by atoms with E-state index in [1.165, 1.54) is 16.7 Å². The van der Waals surface area contributed by atoms with Gasteiger partial charge in [-0.15, -0.1) is 0 Å². The first-order valence-corrected chi connectivity index (χ1v) is 8.02. The van der Waals surface area contributed by atoms with E-state index in [1.54, 1.807) is 0 Å². The molecule has 0 saturated heterocycles. The number of rotatable bonds is 2. The van der Waals surface area contributed by atoms with Crippen LogP contribution in [0.2, 0.25) is 0 Å². The van der Waals surface area contributed by atoms with Crippen molar-refractivity contribution in [2.45, 2.75) is 19.8 Å². The van der Waals surface area contributed by atoms with Crippen molar-refractivity contribution in [3.63, 3.8) is 0 Å². The average molecular weight is 340 g/mol. The maximum atomic E-state index is 4.62. The van der Waals surface area contributed by atoms with E-state index < -0.39 is 0 Å². The van der Waals surface area contributed by atoms with E-state index in [0.717, 1.165) is 10.2 Å². The third kappa shape index (κ3) is 3.01. The van der Waals surface area contributed by atoms with Gasteiger partial charge in [-0.2, -0.15) is 0 Å². The molecule has 1 aromatic heterocycles. The Labute approximate surface area is 134 Å². The summed E-state index contributed by atoms with van der Waals surface area (Å²) in [4.78, 5) is 4.62. The number of allylic oxidation sites excluding steroid dienone is 4. The molecule has 0 aliphatic heterocycles. The molecule has 2 atom stereocenters. The summed E-state index contributed by atoms with van der Waals surface area (Å²) in [6.45, 7) is 4.36. The van der Waals surface area contributed by atoms with Gasteiger partial charge in [0.1, 0.15) is 0 Å². The fourth-order valence-electron chi connectivity index (χ4n) is 2.70. The minimum absolute atomic E-state index is 0.331. The van der Waals surface area contributed by atoms with Gasteiger partial charge in [-0.1, -0.05) is 55.5 Å². The Balaban J connectivity index is 1.99. The highest BCUT2D eigenvalue weighted by atomic mass is 79.9. The van der Waals surface area contributed by atoms with Crippen LogP contribution >= 0.6 is 15.9 Å². The lowest BCUT2D eigenvalue weighted by molar-refractivity contribution is 0.621. The highest BCUT2D eigenvalue weighted by Crippen LogP contribution is 2.35. The van der Waals surface area contributed by atoms with Gasteiger partial charge in [0, 0.05) is 22.3 Å². The Morgan fingerprint density at radius 2 is 1.90 bits per heavy atom. The molecule has 21 heavy (non-hydrogen) atoms. The van der Waals surface area contributed by atoms with Crippen LogP contribution in [-0.4, -0.2) is 4.98 Å². The number of aromatic nitrogens is 1. The van der Waals surface area contributed by atoms with Gasteiger partial charge in [0.15, 0.2) is 0 Å². The highest BCUT2D eigenvalue weighted by Gasteiger charge is 2.21. The van der Waals surface area contributed by atoms with Crippen LogP contribution in [0, 0.1) is 12.8 Å². The van der Waals surface area contributed by atoms with E-state index in [9.17, 15) is 0 Å². The number of nitrogens with zero attached hydrogens (tertiary/aromatic N) is 1. The van der Waals surface area contributed by atoms with Gasteiger partial charge in [0.25, 0.3) is 0 Å². The lowest BCUT2D eigenvalue weighted by Crippen LogP contribution is -2.11. The van der Waals surface area contributed by atoms with Crippen LogP contribution in [0.25, 0.3) is 5.57 Å². The molecule has 0 saturated carbocycles. The van der Waals surface area contributed by atoms with Gasteiger partial charge in [-0.25, -0.2) is 0 Å². The fourth-order valence-corrected chi connectivity index (χ4v) is 2.91. The van der Waals surface area contributed by atoms with E-state index in [-0.39, 0.29) is 0 Å². The first-order valence-electron chi connectivity index (χ1n) is 7.22. The van der Waals surface area contributed by atoms with Crippen molar-refractivity contribution in [3.05, 3.63) is 82.1 Å². The minimum Gasteiger partial charge on any atom is -0.259 e. The summed E-state index contributed by atoms with van der Waals surface area (Å²) < 4.78 is 1.07. The molecule has 1 aliphatic rings. The second kappa shape index (κ2) is 5.98. The molecule has 1 nitrogen and oxygen atoms in total. The van der Waals surface area contributed by atoms with Crippen molar-refractivity contribution in [1.82, 2.24) is 4.98 Å². The van der Waals surface area contributed by atoms with Crippen molar-refractivity contribution >= 4 is 21.5 Å². The zero-order valence-corrected chi connectivity index (χ0v) is 13.8. The van der Waals surface area contributed by atoms with Gasteiger partial charge in [-0.3, -0.25) is 4.98 Å². The molecular weight excluding hydrogens is 322 g/mol. The summed E-state index contributed by atoms with van der Waals surface area (Å²) in [5.74, 6) is 0.794. The monoisotopic (exact) mass is 339 g/mol. The molecule has 3 rings (SSSR count). The summed E-state index contributed by atoms with van der Waals surface area (Å²) in [6, 6.07) is 12.7. The number of hydrogen-bond donors (Lipinski definition) is 0.